The minimum atomic E-state index is -4.94. The molecule has 0 spiro atoms. The first-order valence-electron chi connectivity index (χ1n) is 7.85. The first kappa shape index (κ1) is 18.9. The van der Waals surface area contributed by atoms with Crippen LogP contribution in [0.5, 0.6) is 5.88 Å². The average Bonchev–Trinajstić information content (AvgIpc) is 2.59. The first-order valence-corrected chi connectivity index (χ1v) is 7.85. The number of hydrogen-bond donors (Lipinski definition) is 3. The number of halogens is 3. The molecule has 10 heteroatoms. The Balaban J connectivity index is 1.65. The molecule has 27 heavy (non-hydrogen) atoms. The van der Waals surface area contributed by atoms with Gasteiger partial charge in [0.05, 0.1) is 11.3 Å². The van der Waals surface area contributed by atoms with Gasteiger partial charge in [0.15, 0.2) is 0 Å². The van der Waals surface area contributed by atoms with Gasteiger partial charge in [-0.15, -0.1) is 13.2 Å². The van der Waals surface area contributed by atoms with Crippen LogP contribution in [0.25, 0.3) is 0 Å². The van der Waals surface area contributed by atoms with Crippen molar-refractivity contribution < 1.29 is 37.8 Å². The lowest BCUT2D eigenvalue weighted by molar-refractivity contribution is -0.277. The molecule has 1 saturated carbocycles. The summed E-state index contributed by atoms with van der Waals surface area (Å²) in [6.45, 7) is 0. The van der Waals surface area contributed by atoms with E-state index >= 15 is 0 Å². The standard InChI is InChI=1S/C17H15F3N2O5/c18-17(19,20)27-14-13(2-1-7-21-14)16(24)8-12(9-16)26-15(23)10-3-5-11(22-25)6-4-10/h1-7,12,22,24-25H,8-9H2. The molecule has 1 aliphatic carbocycles. The molecule has 0 radical (unpaired) electrons. The Bertz CT molecular complexity index is 820. The minimum absolute atomic E-state index is 0.0884. The highest BCUT2D eigenvalue weighted by atomic mass is 19.4. The van der Waals surface area contributed by atoms with Gasteiger partial charge in [0.2, 0.25) is 5.88 Å². The summed E-state index contributed by atoms with van der Waals surface area (Å²) in [5.74, 6) is -1.38. The number of aliphatic hydroxyl groups is 1. The van der Waals surface area contributed by atoms with Gasteiger partial charge in [-0.25, -0.2) is 9.78 Å². The summed E-state index contributed by atoms with van der Waals surface area (Å²) in [6, 6.07) is 8.46. The van der Waals surface area contributed by atoms with Crippen molar-refractivity contribution in [3.05, 3.63) is 53.7 Å². The van der Waals surface area contributed by atoms with E-state index in [2.05, 4.69) is 9.72 Å². The highest BCUT2D eigenvalue weighted by molar-refractivity contribution is 5.90. The number of ether oxygens (including phenoxy) is 2. The van der Waals surface area contributed by atoms with Crippen LogP contribution < -0.4 is 10.2 Å². The van der Waals surface area contributed by atoms with E-state index in [-0.39, 0.29) is 24.0 Å². The SMILES string of the molecule is O=C(OC1CC(O)(c2cccnc2OC(F)(F)F)C1)c1ccc(NO)cc1. The van der Waals surface area contributed by atoms with Crippen molar-refractivity contribution in [3.63, 3.8) is 0 Å². The van der Waals surface area contributed by atoms with Crippen LogP contribution in [0.3, 0.4) is 0 Å². The zero-order chi connectivity index (χ0) is 19.7. The van der Waals surface area contributed by atoms with E-state index in [0.29, 0.717) is 5.69 Å². The maximum Gasteiger partial charge on any atom is 0.574 e. The van der Waals surface area contributed by atoms with E-state index < -0.39 is 29.9 Å². The van der Waals surface area contributed by atoms with Crippen molar-refractivity contribution in [2.24, 2.45) is 0 Å². The van der Waals surface area contributed by atoms with Crippen molar-refractivity contribution in [2.45, 2.75) is 30.9 Å². The van der Waals surface area contributed by atoms with Crippen LogP contribution in [-0.2, 0) is 10.3 Å². The first-order chi connectivity index (χ1) is 12.7. The van der Waals surface area contributed by atoms with Crippen LogP contribution in [0.4, 0.5) is 18.9 Å². The highest BCUT2D eigenvalue weighted by Crippen LogP contribution is 2.46. The number of nitrogens with zero attached hydrogens (tertiary/aromatic N) is 1. The van der Waals surface area contributed by atoms with Crippen LogP contribution in [0, 0.1) is 0 Å². The molecule has 0 bridgehead atoms. The number of benzene rings is 1. The lowest BCUT2D eigenvalue weighted by atomic mass is 9.73. The number of alkyl halides is 3. The zero-order valence-corrected chi connectivity index (χ0v) is 13.7. The zero-order valence-electron chi connectivity index (χ0n) is 13.7. The van der Waals surface area contributed by atoms with Crippen LogP contribution in [-0.4, -0.2) is 33.7 Å². The predicted octanol–water partition coefficient (Wildman–Crippen LogP) is 2.99. The summed E-state index contributed by atoms with van der Waals surface area (Å²) in [5, 5.41) is 19.3. The molecule has 3 N–H and O–H groups in total. The van der Waals surface area contributed by atoms with Gasteiger partial charge >= 0.3 is 12.3 Å². The third-order valence-electron chi connectivity index (χ3n) is 4.14. The Morgan fingerprint density at radius 2 is 1.89 bits per heavy atom. The van der Waals surface area contributed by atoms with E-state index in [4.69, 9.17) is 9.94 Å². The summed E-state index contributed by atoms with van der Waals surface area (Å²) < 4.78 is 46.6. The molecular weight excluding hydrogens is 369 g/mol. The Labute approximate surface area is 151 Å². The Hall–Kier alpha value is -2.85. The Morgan fingerprint density at radius 3 is 2.48 bits per heavy atom. The minimum Gasteiger partial charge on any atom is -0.459 e. The molecule has 0 amide bonds. The van der Waals surface area contributed by atoms with Crippen LogP contribution in [0.2, 0.25) is 0 Å². The van der Waals surface area contributed by atoms with Crippen molar-refractivity contribution in [3.8, 4) is 5.88 Å². The highest BCUT2D eigenvalue weighted by Gasteiger charge is 2.49. The summed E-state index contributed by atoms with van der Waals surface area (Å²) in [5.41, 5.74) is 0.787. The number of anilines is 1. The van der Waals surface area contributed by atoms with Crippen LogP contribution in [0.1, 0.15) is 28.8 Å². The number of nitrogens with one attached hydrogen (secondary N) is 1. The van der Waals surface area contributed by atoms with Gasteiger partial charge in [-0.1, -0.05) is 0 Å². The predicted molar refractivity (Wildman–Crippen MR) is 85.1 cm³/mol. The van der Waals surface area contributed by atoms with Crippen LogP contribution in [0.15, 0.2) is 42.6 Å². The molecule has 2 aromatic rings. The number of aromatic nitrogens is 1. The van der Waals surface area contributed by atoms with Gasteiger partial charge in [0.25, 0.3) is 0 Å². The van der Waals surface area contributed by atoms with E-state index in [1.165, 1.54) is 36.4 Å². The maximum absolute atomic E-state index is 12.5. The fraction of sp³-hybridized carbons (Fsp3) is 0.294. The molecule has 1 fully saturated rings. The number of hydrogen-bond acceptors (Lipinski definition) is 7. The fourth-order valence-corrected chi connectivity index (χ4v) is 2.83. The van der Waals surface area contributed by atoms with E-state index in [1.807, 2.05) is 5.48 Å². The van der Waals surface area contributed by atoms with Crippen molar-refractivity contribution in [1.82, 2.24) is 4.98 Å². The van der Waals surface area contributed by atoms with E-state index in [9.17, 15) is 23.1 Å². The number of esters is 1. The normalized spacial score (nSPS) is 21.9. The van der Waals surface area contributed by atoms with Gasteiger partial charge in [-0.05, 0) is 36.4 Å². The molecule has 1 aromatic heterocycles. The average molecular weight is 384 g/mol. The lowest BCUT2D eigenvalue weighted by Crippen LogP contribution is -2.47. The second-order valence-electron chi connectivity index (χ2n) is 6.06. The van der Waals surface area contributed by atoms with Gasteiger partial charge in [-0.3, -0.25) is 10.7 Å². The molecule has 1 heterocycles. The molecule has 7 nitrogen and oxygen atoms in total. The monoisotopic (exact) mass is 384 g/mol. The van der Waals surface area contributed by atoms with Gasteiger partial charge < -0.3 is 14.6 Å². The molecule has 1 aromatic carbocycles. The number of carbonyl (C=O) groups excluding carboxylic acids is 1. The molecule has 0 unspecified atom stereocenters. The second-order valence-corrected chi connectivity index (χ2v) is 6.06. The quantitative estimate of drug-likeness (QED) is 0.538. The van der Waals surface area contributed by atoms with Crippen molar-refractivity contribution >= 4 is 11.7 Å². The molecule has 3 rings (SSSR count). The smallest absolute Gasteiger partial charge is 0.459 e. The summed E-state index contributed by atoms with van der Waals surface area (Å²) >= 11 is 0. The van der Waals surface area contributed by atoms with Crippen molar-refractivity contribution in [2.75, 3.05) is 5.48 Å². The number of pyridine rings is 1. The third kappa shape index (κ3) is 4.29. The molecule has 1 aliphatic rings. The number of rotatable bonds is 5. The summed E-state index contributed by atoms with van der Waals surface area (Å²) in [4.78, 5) is 15.6. The van der Waals surface area contributed by atoms with Gasteiger partial charge in [0.1, 0.15) is 11.7 Å². The molecule has 144 valence electrons. The van der Waals surface area contributed by atoms with E-state index in [1.54, 1.807) is 0 Å². The maximum atomic E-state index is 12.5. The molecule has 0 aliphatic heterocycles. The second kappa shape index (κ2) is 7.05. The lowest BCUT2D eigenvalue weighted by Gasteiger charge is -2.43. The Morgan fingerprint density at radius 1 is 1.22 bits per heavy atom. The van der Waals surface area contributed by atoms with Gasteiger partial charge in [-0.2, -0.15) is 0 Å². The summed E-state index contributed by atoms with van der Waals surface area (Å²) in [7, 11) is 0. The largest absolute Gasteiger partial charge is 0.574 e. The summed E-state index contributed by atoms with van der Waals surface area (Å²) in [6.07, 6.45) is -4.67. The van der Waals surface area contributed by atoms with E-state index in [0.717, 1.165) is 6.20 Å². The third-order valence-corrected chi connectivity index (χ3v) is 4.14. The van der Waals surface area contributed by atoms with Crippen LogP contribution >= 0.6 is 0 Å². The van der Waals surface area contributed by atoms with Crippen molar-refractivity contribution in [1.29, 1.82) is 0 Å². The van der Waals surface area contributed by atoms with Gasteiger partial charge in [0, 0.05) is 24.6 Å². The molecule has 0 saturated heterocycles. The number of carbonyl (C=O) groups is 1. The Kier molecular flexibility index (Phi) is 4.94. The molecule has 0 atom stereocenters. The fourth-order valence-electron chi connectivity index (χ4n) is 2.83. The molecular formula is C17H15F3N2O5. The topological polar surface area (TPSA) is 101 Å².